The summed E-state index contributed by atoms with van der Waals surface area (Å²) in [5, 5.41) is 2.97. The third kappa shape index (κ3) is 2.29. The van der Waals surface area contributed by atoms with Crippen molar-refractivity contribution in [2.45, 2.75) is 0 Å². The Morgan fingerprint density at radius 3 is 2.08 bits per heavy atom. The minimum Gasteiger partial charge on any atom is -0.0633 e. The molecule has 0 atom stereocenters. The first kappa shape index (κ1) is 8.26. The minimum absolute atomic E-state index is 0.254. The Bertz CT molecular complexity index is 316. The van der Waals surface area contributed by atoms with Crippen molar-refractivity contribution in [2.75, 3.05) is 0 Å². The quantitative estimate of drug-likeness (QED) is 0.598. The van der Waals surface area contributed by atoms with Crippen LogP contribution in [0.4, 0.5) is 0 Å². The molecule has 2 aromatic rings. The van der Waals surface area contributed by atoms with Gasteiger partial charge >= 0.3 is 0 Å². The molecule has 1 radical (unpaired) electrons. The van der Waals surface area contributed by atoms with Crippen molar-refractivity contribution in [1.29, 1.82) is 0 Å². The standard InChI is InChI=1S/C12H11Si/c1-3-7-11(8-4-1)13-12-9-5-2-6-10-12/h1,3-10H,13H2. The van der Waals surface area contributed by atoms with E-state index in [4.69, 9.17) is 0 Å². The average molecular weight is 183 g/mol. The van der Waals surface area contributed by atoms with E-state index >= 15 is 0 Å². The Balaban J connectivity index is 2.16. The fourth-order valence-electron chi connectivity index (χ4n) is 1.37. The average Bonchev–Trinajstić information content (AvgIpc) is 2.21. The molecule has 1 heteroatoms. The predicted molar refractivity (Wildman–Crippen MR) is 59.5 cm³/mol. The second kappa shape index (κ2) is 4.05. The van der Waals surface area contributed by atoms with Crippen LogP contribution in [0.5, 0.6) is 0 Å². The van der Waals surface area contributed by atoms with Gasteiger partial charge in [-0.2, -0.15) is 0 Å². The van der Waals surface area contributed by atoms with E-state index in [1.54, 1.807) is 0 Å². The molecular formula is C12H11Si. The van der Waals surface area contributed by atoms with E-state index < -0.39 is 0 Å². The van der Waals surface area contributed by atoms with E-state index in [2.05, 4.69) is 48.5 Å². The van der Waals surface area contributed by atoms with Crippen LogP contribution in [0.15, 0.2) is 54.6 Å². The number of rotatable bonds is 2. The van der Waals surface area contributed by atoms with Gasteiger partial charge < -0.3 is 0 Å². The molecule has 0 aliphatic carbocycles. The summed E-state index contributed by atoms with van der Waals surface area (Å²) < 4.78 is 0. The molecule has 2 rings (SSSR count). The molecule has 0 amide bonds. The molecule has 0 saturated carbocycles. The summed E-state index contributed by atoms with van der Waals surface area (Å²) >= 11 is 0. The van der Waals surface area contributed by atoms with Crippen LogP contribution in [-0.2, 0) is 0 Å². The van der Waals surface area contributed by atoms with Gasteiger partial charge in [-0.3, -0.25) is 0 Å². The molecule has 0 bridgehead atoms. The Labute approximate surface area is 81.1 Å². The lowest BCUT2D eigenvalue weighted by Crippen LogP contribution is -2.26. The molecule has 63 valence electrons. The number of hydrogen-bond acceptors (Lipinski definition) is 0. The third-order valence-electron chi connectivity index (χ3n) is 2.04. The lowest BCUT2D eigenvalue weighted by atomic mass is 10.4. The molecule has 0 nitrogen and oxygen atoms in total. The normalized spacial score (nSPS) is 9.85. The van der Waals surface area contributed by atoms with E-state index in [1.807, 2.05) is 12.1 Å². The van der Waals surface area contributed by atoms with Crippen LogP contribution >= 0.6 is 0 Å². The molecule has 0 saturated heterocycles. The van der Waals surface area contributed by atoms with E-state index in [9.17, 15) is 0 Å². The van der Waals surface area contributed by atoms with Crippen molar-refractivity contribution in [1.82, 2.24) is 0 Å². The summed E-state index contributed by atoms with van der Waals surface area (Å²) in [6, 6.07) is 22.1. The van der Waals surface area contributed by atoms with Crippen LogP contribution < -0.4 is 10.4 Å². The first-order valence-electron chi connectivity index (χ1n) is 4.44. The molecule has 2 aromatic carbocycles. The molecule has 0 spiro atoms. The maximum atomic E-state index is 3.04. The van der Waals surface area contributed by atoms with Crippen LogP contribution in [0, 0.1) is 6.07 Å². The molecule has 0 heterocycles. The molecule has 0 fully saturated rings. The van der Waals surface area contributed by atoms with E-state index in [1.165, 1.54) is 10.4 Å². The highest BCUT2D eigenvalue weighted by molar-refractivity contribution is 6.67. The lowest BCUT2D eigenvalue weighted by molar-refractivity contribution is 1.73. The van der Waals surface area contributed by atoms with Crippen molar-refractivity contribution >= 4 is 19.9 Å². The molecule has 13 heavy (non-hydrogen) atoms. The summed E-state index contributed by atoms with van der Waals surface area (Å²) in [5.74, 6) is 0. The van der Waals surface area contributed by atoms with Crippen molar-refractivity contribution in [3.63, 3.8) is 0 Å². The summed E-state index contributed by atoms with van der Waals surface area (Å²) in [6.07, 6.45) is 0. The van der Waals surface area contributed by atoms with Gasteiger partial charge in [0.05, 0.1) is 9.52 Å². The smallest absolute Gasteiger partial charge is 0.0633 e. The predicted octanol–water partition coefficient (Wildman–Crippen LogP) is 0.606. The molecular weight excluding hydrogens is 172 g/mol. The van der Waals surface area contributed by atoms with Crippen LogP contribution in [0.25, 0.3) is 0 Å². The van der Waals surface area contributed by atoms with Crippen LogP contribution in [0.3, 0.4) is 0 Å². The van der Waals surface area contributed by atoms with E-state index in [0.29, 0.717) is 0 Å². The monoisotopic (exact) mass is 183 g/mol. The Morgan fingerprint density at radius 2 is 1.38 bits per heavy atom. The van der Waals surface area contributed by atoms with Crippen molar-refractivity contribution < 1.29 is 0 Å². The minimum atomic E-state index is -0.254. The van der Waals surface area contributed by atoms with Gasteiger partial charge in [-0.15, -0.1) is 0 Å². The van der Waals surface area contributed by atoms with Gasteiger partial charge in [0.15, 0.2) is 0 Å². The van der Waals surface area contributed by atoms with Crippen LogP contribution in [0.1, 0.15) is 0 Å². The van der Waals surface area contributed by atoms with Crippen LogP contribution in [-0.4, -0.2) is 9.52 Å². The van der Waals surface area contributed by atoms with Gasteiger partial charge in [0.1, 0.15) is 0 Å². The fraction of sp³-hybridized carbons (Fsp3) is 0. The van der Waals surface area contributed by atoms with Gasteiger partial charge in [-0.25, -0.2) is 0 Å². The molecule has 0 aromatic heterocycles. The summed E-state index contributed by atoms with van der Waals surface area (Å²) in [6.45, 7) is 0. The largest absolute Gasteiger partial charge is 0.0875 e. The number of hydrogen-bond donors (Lipinski definition) is 0. The zero-order chi connectivity index (χ0) is 8.93. The maximum absolute atomic E-state index is 3.04. The highest BCUT2D eigenvalue weighted by atomic mass is 28.2. The highest BCUT2D eigenvalue weighted by Crippen LogP contribution is 1.83. The lowest BCUT2D eigenvalue weighted by Gasteiger charge is -1.99. The highest BCUT2D eigenvalue weighted by Gasteiger charge is 1.93. The molecule has 0 unspecified atom stereocenters. The molecule has 0 aliphatic rings. The van der Waals surface area contributed by atoms with Gasteiger partial charge in [0.2, 0.25) is 0 Å². The Kier molecular flexibility index (Phi) is 2.58. The van der Waals surface area contributed by atoms with Gasteiger partial charge in [-0.1, -0.05) is 65.0 Å². The Morgan fingerprint density at radius 1 is 0.769 bits per heavy atom. The SMILES string of the molecule is [c]1ccc([SiH2]c2ccccc2)cc1. The second-order valence-electron chi connectivity index (χ2n) is 3.07. The first-order valence-corrected chi connectivity index (χ1v) is 5.85. The fourth-order valence-corrected chi connectivity index (χ4v) is 2.82. The molecule has 0 aliphatic heterocycles. The Hall–Kier alpha value is -1.34. The summed E-state index contributed by atoms with van der Waals surface area (Å²) in [7, 11) is -0.254. The van der Waals surface area contributed by atoms with Gasteiger partial charge in [0, 0.05) is 0 Å². The summed E-state index contributed by atoms with van der Waals surface area (Å²) in [4.78, 5) is 0. The number of benzene rings is 2. The summed E-state index contributed by atoms with van der Waals surface area (Å²) in [5.41, 5.74) is 0. The third-order valence-corrected chi connectivity index (χ3v) is 3.80. The van der Waals surface area contributed by atoms with Crippen molar-refractivity contribution in [2.24, 2.45) is 0 Å². The van der Waals surface area contributed by atoms with E-state index in [0.717, 1.165) is 0 Å². The zero-order valence-corrected chi connectivity index (χ0v) is 8.82. The van der Waals surface area contributed by atoms with Gasteiger partial charge in [-0.05, 0) is 6.07 Å². The van der Waals surface area contributed by atoms with E-state index in [-0.39, 0.29) is 9.52 Å². The van der Waals surface area contributed by atoms with Crippen molar-refractivity contribution in [3.8, 4) is 0 Å². The van der Waals surface area contributed by atoms with Crippen molar-refractivity contribution in [3.05, 3.63) is 60.7 Å². The zero-order valence-electron chi connectivity index (χ0n) is 7.40. The maximum Gasteiger partial charge on any atom is 0.0875 e. The van der Waals surface area contributed by atoms with Gasteiger partial charge in [0.25, 0.3) is 0 Å². The topological polar surface area (TPSA) is 0 Å². The molecule has 0 N–H and O–H groups in total. The first-order chi connectivity index (χ1) is 6.45. The second-order valence-corrected chi connectivity index (χ2v) is 5.06. The van der Waals surface area contributed by atoms with Crippen LogP contribution in [0.2, 0.25) is 0 Å².